The van der Waals surface area contributed by atoms with Gasteiger partial charge in [-0.05, 0) is 32.4 Å². The second kappa shape index (κ2) is 4.04. The van der Waals surface area contributed by atoms with Crippen molar-refractivity contribution in [1.29, 1.82) is 0 Å². The number of para-hydroxylation sites is 1. The predicted molar refractivity (Wildman–Crippen MR) is 70.0 cm³/mol. The Morgan fingerprint density at radius 1 is 1.41 bits per heavy atom. The molecule has 17 heavy (non-hydrogen) atoms. The second-order valence-corrected chi connectivity index (χ2v) is 4.96. The molecule has 0 saturated carbocycles. The van der Waals surface area contributed by atoms with Crippen LogP contribution in [0.4, 0.5) is 5.95 Å². The maximum absolute atomic E-state index is 5.98. The summed E-state index contributed by atoms with van der Waals surface area (Å²) in [6.07, 6.45) is 0. The number of benzene rings is 1. The van der Waals surface area contributed by atoms with Gasteiger partial charge in [-0.1, -0.05) is 12.1 Å². The molecule has 0 spiro atoms. The standard InChI is InChI=1S/C13H19N3O/c1-9-6-5-7-10-11(9)15-12(14)16(10)8-13(2,3)17-4/h5-7H,8H2,1-4H3,(H2,14,15). The SMILES string of the molecule is COC(C)(C)Cn1c(N)nc2c(C)cccc21. The smallest absolute Gasteiger partial charge is 0.201 e. The fourth-order valence-electron chi connectivity index (χ4n) is 1.92. The molecule has 0 atom stereocenters. The lowest BCUT2D eigenvalue weighted by Crippen LogP contribution is -2.29. The number of aryl methyl sites for hydroxylation is 1. The van der Waals surface area contributed by atoms with Gasteiger partial charge in [0.2, 0.25) is 5.95 Å². The van der Waals surface area contributed by atoms with Crippen LogP contribution in [0.5, 0.6) is 0 Å². The Balaban J connectivity index is 2.54. The van der Waals surface area contributed by atoms with Crippen LogP contribution in [-0.2, 0) is 11.3 Å². The van der Waals surface area contributed by atoms with Crippen LogP contribution in [0.3, 0.4) is 0 Å². The highest BCUT2D eigenvalue weighted by atomic mass is 16.5. The van der Waals surface area contributed by atoms with Crippen molar-refractivity contribution >= 4 is 17.0 Å². The van der Waals surface area contributed by atoms with Crippen LogP contribution < -0.4 is 5.73 Å². The molecule has 4 heteroatoms. The average molecular weight is 233 g/mol. The van der Waals surface area contributed by atoms with Crippen LogP contribution in [0, 0.1) is 6.92 Å². The molecule has 0 unspecified atom stereocenters. The second-order valence-electron chi connectivity index (χ2n) is 4.96. The summed E-state index contributed by atoms with van der Waals surface area (Å²) in [5.74, 6) is 0.541. The minimum atomic E-state index is -0.258. The van der Waals surface area contributed by atoms with E-state index in [-0.39, 0.29) is 5.60 Å². The monoisotopic (exact) mass is 233 g/mol. The fraction of sp³-hybridized carbons (Fsp3) is 0.462. The molecule has 2 N–H and O–H groups in total. The Bertz CT molecular complexity index is 543. The maximum atomic E-state index is 5.98. The summed E-state index contributed by atoms with van der Waals surface area (Å²) in [6.45, 7) is 6.80. The van der Waals surface area contributed by atoms with Crippen LogP contribution >= 0.6 is 0 Å². The summed E-state index contributed by atoms with van der Waals surface area (Å²) in [6, 6.07) is 6.10. The van der Waals surface area contributed by atoms with E-state index in [1.165, 1.54) is 0 Å². The number of nitrogen functional groups attached to an aromatic ring is 1. The molecule has 0 saturated heterocycles. The normalized spacial score (nSPS) is 12.2. The molecule has 1 aromatic heterocycles. The lowest BCUT2D eigenvalue weighted by Gasteiger charge is -2.24. The number of nitrogens with zero attached hydrogens (tertiary/aromatic N) is 2. The van der Waals surface area contributed by atoms with Gasteiger partial charge in [-0.2, -0.15) is 0 Å². The Morgan fingerprint density at radius 2 is 2.12 bits per heavy atom. The van der Waals surface area contributed by atoms with Gasteiger partial charge < -0.3 is 15.0 Å². The molecule has 0 radical (unpaired) electrons. The van der Waals surface area contributed by atoms with E-state index in [0.717, 1.165) is 16.6 Å². The Kier molecular flexibility index (Phi) is 2.83. The topological polar surface area (TPSA) is 53.1 Å². The quantitative estimate of drug-likeness (QED) is 0.885. The summed E-state index contributed by atoms with van der Waals surface area (Å²) >= 11 is 0. The minimum absolute atomic E-state index is 0.258. The Morgan fingerprint density at radius 3 is 2.76 bits per heavy atom. The molecule has 2 rings (SSSR count). The van der Waals surface area contributed by atoms with Crippen molar-refractivity contribution in [3.05, 3.63) is 23.8 Å². The largest absolute Gasteiger partial charge is 0.377 e. The van der Waals surface area contributed by atoms with Crippen molar-refractivity contribution in [2.75, 3.05) is 12.8 Å². The van der Waals surface area contributed by atoms with Gasteiger partial charge >= 0.3 is 0 Å². The Hall–Kier alpha value is -1.55. The highest BCUT2D eigenvalue weighted by molar-refractivity contribution is 5.81. The van der Waals surface area contributed by atoms with Gasteiger partial charge in [0.25, 0.3) is 0 Å². The number of methoxy groups -OCH3 is 1. The van der Waals surface area contributed by atoms with Crippen LogP contribution in [0.1, 0.15) is 19.4 Å². The molecule has 0 bridgehead atoms. The molecule has 1 heterocycles. The van der Waals surface area contributed by atoms with E-state index in [1.807, 2.05) is 43.5 Å². The molecular weight excluding hydrogens is 214 g/mol. The van der Waals surface area contributed by atoms with Crippen LogP contribution in [0.15, 0.2) is 18.2 Å². The summed E-state index contributed by atoms with van der Waals surface area (Å²) in [5, 5.41) is 0. The first-order valence-electron chi connectivity index (χ1n) is 5.71. The predicted octanol–water partition coefficient (Wildman–Crippen LogP) is 2.35. The summed E-state index contributed by atoms with van der Waals surface area (Å²) < 4.78 is 7.45. The zero-order valence-corrected chi connectivity index (χ0v) is 10.8. The third-order valence-corrected chi connectivity index (χ3v) is 3.10. The molecule has 0 fully saturated rings. The molecule has 0 aliphatic heterocycles. The van der Waals surface area contributed by atoms with Gasteiger partial charge in [0, 0.05) is 7.11 Å². The van der Waals surface area contributed by atoms with E-state index in [2.05, 4.69) is 4.98 Å². The van der Waals surface area contributed by atoms with Crippen LogP contribution in [0.2, 0.25) is 0 Å². The van der Waals surface area contributed by atoms with Gasteiger partial charge in [0.15, 0.2) is 0 Å². The van der Waals surface area contributed by atoms with E-state index in [4.69, 9.17) is 10.5 Å². The van der Waals surface area contributed by atoms with Crippen molar-refractivity contribution in [3.63, 3.8) is 0 Å². The zero-order valence-electron chi connectivity index (χ0n) is 10.8. The van der Waals surface area contributed by atoms with Gasteiger partial charge in [-0.25, -0.2) is 4.98 Å². The molecule has 4 nitrogen and oxygen atoms in total. The Labute approximate surface area is 101 Å². The molecule has 92 valence electrons. The first kappa shape index (κ1) is 11.9. The number of aromatic nitrogens is 2. The lowest BCUT2D eigenvalue weighted by molar-refractivity contribution is 0.00947. The van der Waals surface area contributed by atoms with Crippen molar-refractivity contribution in [1.82, 2.24) is 9.55 Å². The first-order chi connectivity index (χ1) is 7.94. The van der Waals surface area contributed by atoms with Crippen molar-refractivity contribution < 1.29 is 4.74 Å². The van der Waals surface area contributed by atoms with E-state index < -0.39 is 0 Å². The molecular formula is C13H19N3O. The average Bonchev–Trinajstić information content (AvgIpc) is 2.58. The molecule has 2 aromatic rings. The minimum Gasteiger partial charge on any atom is -0.377 e. The molecule has 1 aromatic carbocycles. The van der Waals surface area contributed by atoms with E-state index in [9.17, 15) is 0 Å². The number of fused-ring (bicyclic) bond motifs is 1. The number of hydrogen-bond acceptors (Lipinski definition) is 3. The van der Waals surface area contributed by atoms with Crippen LogP contribution in [-0.4, -0.2) is 22.3 Å². The van der Waals surface area contributed by atoms with Crippen LogP contribution in [0.25, 0.3) is 11.0 Å². The van der Waals surface area contributed by atoms with E-state index in [1.54, 1.807) is 7.11 Å². The molecule has 0 amide bonds. The van der Waals surface area contributed by atoms with Crippen molar-refractivity contribution in [2.24, 2.45) is 0 Å². The van der Waals surface area contributed by atoms with Gasteiger partial charge in [-0.3, -0.25) is 0 Å². The molecule has 0 aliphatic carbocycles. The summed E-state index contributed by atoms with van der Waals surface area (Å²) in [5.41, 5.74) is 8.90. The van der Waals surface area contributed by atoms with Gasteiger partial charge in [0.1, 0.15) is 0 Å². The number of anilines is 1. The number of nitrogens with two attached hydrogens (primary N) is 1. The number of hydrogen-bond donors (Lipinski definition) is 1. The van der Waals surface area contributed by atoms with Gasteiger partial charge in [-0.15, -0.1) is 0 Å². The summed E-state index contributed by atoms with van der Waals surface area (Å²) in [7, 11) is 1.71. The number of ether oxygens (including phenoxy) is 1. The van der Waals surface area contributed by atoms with Crippen molar-refractivity contribution in [3.8, 4) is 0 Å². The molecule has 0 aliphatic rings. The third kappa shape index (κ3) is 2.13. The lowest BCUT2D eigenvalue weighted by atomic mass is 10.1. The highest BCUT2D eigenvalue weighted by Gasteiger charge is 2.20. The number of imidazole rings is 1. The van der Waals surface area contributed by atoms with E-state index >= 15 is 0 Å². The first-order valence-corrected chi connectivity index (χ1v) is 5.71. The fourth-order valence-corrected chi connectivity index (χ4v) is 1.92. The van der Waals surface area contributed by atoms with Crippen molar-refractivity contribution in [2.45, 2.75) is 32.9 Å². The third-order valence-electron chi connectivity index (χ3n) is 3.10. The zero-order chi connectivity index (χ0) is 12.6. The van der Waals surface area contributed by atoms with E-state index in [0.29, 0.717) is 12.5 Å². The van der Waals surface area contributed by atoms with Gasteiger partial charge in [0.05, 0.1) is 23.2 Å². The summed E-state index contributed by atoms with van der Waals surface area (Å²) in [4.78, 5) is 4.42. The maximum Gasteiger partial charge on any atom is 0.201 e. The number of rotatable bonds is 3. The highest BCUT2D eigenvalue weighted by Crippen LogP contribution is 2.23.